The number of carbonyl (C=O) groups is 1. The molecular formula is C24H36O4. The van der Waals surface area contributed by atoms with Gasteiger partial charge < -0.3 is 15.3 Å². The highest BCUT2D eigenvalue weighted by atomic mass is 16.4. The van der Waals surface area contributed by atoms with Crippen molar-refractivity contribution in [1.82, 2.24) is 0 Å². The van der Waals surface area contributed by atoms with Crippen LogP contribution >= 0.6 is 0 Å². The topological polar surface area (TPSA) is 77.8 Å². The van der Waals surface area contributed by atoms with Gasteiger partial charge in [0.15, 0.2) is 0 Å². The molecule has 5 unspecified atom stereocenters. The van der Waals surface area contributed by atoms with Crippen LogP contribution in [0.4, 0.5) is 0 Å². The molecule has 0 amide bonds. The van der Waals surface area contributed by atoms with Crippen molar-refractivity contribution in [3.8, 4) is 0 Å². The van der Waals surface area contributed by atoms with Crippen molar-refractivity contribution >= 4 is 5.97 Å². The van der Waals surface area contributed by atoms with Gasteiger partial charge in [-0.2, -0.15) is 0 Å². The zero-order valence-electron chi connectivity index (χ0n) is 17.0. The fourth-order valence-electron chi connectivity index (χ4n) is 4.50. The Labute approximate surface area is 169 Å². The molecule has 0 heterocycles. The molecule has 0 bridgehead atoms. The van der Waals surface area contributed by atoms with Crippen molar-refractivity contribution in [2.75, 3.05) is 0 Å². The minimum absolute atomic E-state index is 0.215. The van der Waals surface area contributed by atoms with Gasteiger partial charge in [-0.1, -0.05) is 49.4 Å². The van der Waals surface area contributed by atoms with E-state index in [1.807, 2.05) is 18.2 Å². The lowest BCUT2D eigenvalue weighted by Gasteiger charge is -2.24. The first-order valence-electron chi connectivity index (χ1n) is 10.7. The van der Waals surface area contributed by atoms with Crippen molar-refractivity contribution in [2.24, 2.45) is 17.8 Å². The minimum atomic E-state index is -0.744. The van der Waals surface area contributed by atoms with Gasteiger partial charge in [0, 0.05) is 6.42 Å². The lowest BCUT2D eigenvalue weighted by molar-refractivity contribution is -0.137. The van der Waals surface area contributed by atoms with Crippen LogP contribution in [-0.2, 0) is 11.2 Å². The minimum Gasteiger partial charge on any atom is -0.481 e. The molecule has 1 aromatic carbocycles. The quantitative estimate of drug-likeness (QED) is 0.361. The molecule has 0 aliphatic heterocycles. The molecule has 0 aromatic heterocycles. The summed E-state index contributed by atoms with van der Waals surface area (Å²) < 4.78 is 0. The Balaban J connectivity index is 1.74. The summed E-state index contributed by atoms with van der Waals surface area (Å²) in [4.78, 5) is 10.5. The van der Waals surface area contributed by atoms with Crippen LogP contribution < -0.4 is 0 Å². The van der Waals surface area contributed by atoms with Gasteiger partial charge in [0.05, 0.1) is 12.2 Å². The van der Waals surface area contributed by atoms with Crippen LogP contribution in [0.15, 0.2) is 42.5 Å². The van der Waals surface area contributed by atoms with E-state index in [0.29, 0.717) is 18.3 Å². The Morgan fingerprint density at radius 2 is 1.93 bits per heavy atom. The summed E-state index contributed by atoms with van der Waals surface area (Å²) >= 11 is 0. The van der Waals surface area contributed by atoms with E-state index < -0.39 is 5.97 Å². The highest BCUT2D eigenvalue weighted by molar-refractivity contribution is 5.66. The first-order chi connectivity index (χ1) is 13.5. The Bertz CT molecular complexity index is 598. The number of hydrogen-bond donors (Lipinski definition) is 3. The van der Waals surface area contributed by atoms with Gasteiger partial charge in [-0.25, -0.2) is 0 Å². The maximum atomic E-state index is 10.5. The normalized spacial score (nSPS) is 26.0. The number of rotatable bonds is 12. The van der Waals surface area contributed by atoms with Crippen LogP contribution in [0, 0.1) is 17.8 Å². The fraction of sp³-hybridized carbons (Fsp3) is 0.625. The Kier molecular flexibility index (Phi) is 9.72. The van der Waals surface area contributed by atoms with Gasteiger partial charge in [-0.3, -0.25) is 4.79 Å². The van der Waals surface area contributed by atoms with Gasteiger partial charge in [0.25, 0.3) is 0 Å². The van der Waals surface area contributed by atoms with E-state index in [1.165, 1.54) is 5.56 Å². The summed E-state index contributed by atoms with van der Waals surface area (Å²) in [5.74, 6) is 0.411. The lowest BCUT2D eigenvalue weighted by Crippen LogP contribution is -2.22. The van der Waals surface area contributed by atoms with Crippen LogP contribution in [0.1, 0.15) is 63.9 Å². The van der Waals surface area contributed by atoms with E-state index in [4.69, 9.17) is 5.11 Å². The van der Waals surface area contributed by atoms with Crippen LogP contribution in [-0.4, -0.2) is 33.5 Å². The Hall–Kier alpha value is -1.65. The number of aliphatic hydroxyl groups excluding tert-OH is 2. The third-order valence-corrected chi connectivity index (χ3v) is 6.17. The van der Waals surface area contributed by atoms with Crippen LogP contribution in [0.3, 0.4) is 0 Å². The van der Waals surface area contributed by atoms with E-state index in [2.05, 4.69) is 31.2 Å². The second-order valence-electron chi connectivity index (χ2n) is 8.36. The molecule has 1 saturated carbocycles. The molecule has 0 spiro atoms. The number of unbranched alkanes of at least 4 members (excludes halogenated alkanes) is 1. The van der Waals surface area contributed by atoms with Gasteiger partial charge in [-0.05, 0) is 74.7 Å². The molecule has 28 heavy (non-hydrogen) atoms. The summed E-state index contributed by atoms with van der Waals surface area (Å²) in [6, 6.07) is 10.2. The molecule has 1 aliphatic rings. The average Bonchev–Trinajstić information content (AvgIpc) is 2.94. The van der Waals surface area contributed by atoms with E-state index in [-0.39, 0.29) is 24.5 Å². The predicted molar refractivity (Wildman–Crippen MR) is 112 cm³/mol. The number of aliphatic carboxylic acids is 1. The molecule has 5 atom stereocenters. The zero-order valence-corrected chi connectivity index (χ0v) is 17.0. The highest BCUT2D eigenvalue weighted by Crippen LogP contribution is 2.42. The van der Waals surface area contributed by atoms with Gasteiger partial charge in [0.1, 0.15) is 0 Å². The largest absolute Gasteiger partial charge is 0.481 e. The van der Waals surface area contributed by atoms with Gasteiger partial charge >= 0.3 is 5.97 Å². The van der Waals surface area contributed by atoms with Crippen LogP contribution in [0.25, 0.3) is 0 Å². The van der Waals surface area contributed by atoms with E-state index in [0.717, 1.165) is 44.9 Å². The molecule has 3 N–H and O–H groups in total. The van der Waals surface area contributed by atoms with Gasteiger partial charge in [-0.15, -0.1) is 0 Å². The molecule has 1 fully saturated rings. The number of aliphatic hydroxyl groups is 2. The van der Waals surface area contributed by atoms with E-state index >= 15 is 0 Å². The summed E-state index contributed by atoms with van der Waals surface area (Å²) in [5.41, 5.74) is 1.25. The maximum absolute atomic E-state index is 10.5. The number of carboxylic acid groups (broad SMARTS) is 1. The number of allylic oxidation sites excluding steroid dienone is 2. The Morgan fingerprint density at radius 3 is 2.64 bits per heavy atom. The Morgan fingerprint density at radius 1 is 1.18 bits per heavy atom. The van der Waals surface area contributed by atoms with Crippen LogP contribution in [0.2, 0.25) is 0 Å². The molecule has 1 aliphatic carbocycles. The number of aryl methyl sites for hydroxylation is 1. The second-order valence-corrected chi connectivity index (χ2v) is 8.36. The first kappa shape index (κ1) is 22.6. The van der Waals surface area contributed by atoms with Crippen molar-refractivity contribution in [3.63, 3.8) is 0 Å². The second kappa shape index (κ2) is 12.0. The number of carboxylic acids is 1. The average molecular weight is 389 g/mol. The zero-order chi connectivity index (χ0) is 20.4. The molecule has 0 saturated heterocycles. The summed E-state index contributed by atoms with van der Waals surface area (Å²) in [7, 11) is 0. The van der Waals surface area contributed by atoms with Crippen molar-refractivity contribution < 1.29 is 20.1 Å². The first-order valence-corrected chi connectivity index (χ1v) is 10.7. The molecule has 4 nitrogen and oxygen atoms in total. The molecule has 1 aromatic rings. The van der Waals surface area contributed by atoms with Crippen molar-refractivity contribution in [2.45, 2.75) is 76.9 Å². The third-order valence-electron chi connectivity index (χ3n) is 6.17. The summed E-state index contributed by atoms with van der Waals surface area (Å²) in [6.07, 6.45) is 10.3. The smallest absolute Gasteiger partial charge is 0.303 e. The SMILES string of the molecule is CC1CC(O)C(CCC(O)CCc2ccccc2)C1CC=CCCCC(=O)O. The number of benzene rings is 1. The van der Waals surface area contributed by atoms with Gasteiger partial charge in [0.2, 0.25) is 0 Å². The standard InChI is InChI=1S/C24H36O4/c1-18-17-23(26)22(21(18)11-7-2-3-8-12-24(27)28)16-15-20(25)14-13-19-9-5-4-6-10-19/h2,4-7,9-10,18,20-23,25-26H,3,8,11-17H2,1H3,(H,27,28). The highest BCUT2D eigenvalue weighted by Gasteiger charge is 2.39. The van der Waals surface area contributed by atoms with E-state index in [9.17, 15) is 15.0 Å². The summed E-state index contributed by atoms with van der Waals surface area (Å²) in [5, 5.41) is 29.5. The predicted octanol–water partition coefficient (Wildman–Crippen LogP) is 4.59. The molecule has 0 radical (unpaired) electrons. The maximum Gasteiger partial charge on any atom is 0.303 e. The van der Waals surface area contributed by atoms with Crippen molar-refractivity contribution in [1.29, 1.82) is 0 Å². The van der Waals surface area contributed by atoms with E-state index in [1.54, 1.807) is 0 Å². The third kappa shape index (κ3) is 7.76. The van der Waals surface area contributed by atoms with Crippen molar-refractivity contribution in [3.05, 3.63) is 48.0 Å². The fourth-order valence-corrected chi connectivity index (χ4v) is 4.50. The number of hydrogen-bond acceptors (Lipinski definition) is 3. The molecule has 2 rings (SSSR count). The molecule has 4 heteroatoms. The summed E-state index contributed by atoms with van der Waals surface area (Å²) in [6.45, 7) is 2.21. The van der Waals surface area contributed by atoms with Crippen LogP contribution in [0.5, 0.6) is 0 Å². The molecule has 156 valence electrons. The molecular weight excluding hydrogens is 352 g/mol. The monoisotopic (exact) mass is 388 g/mol. The lowest BCUT2D eigenvalue weighted by atomic mass is 9.83.